The van der Waals surface area contributed by atoms with E-state index in [1.54, 1.807) is 0 Å². The summed E-state index contributed by atoms with van der Waals surface area (Å²) in [6, 6.07) is 8.28. The number of aryl methyl sites for hydroxylation is 1. The second-order valence-corrected chi connectivity index (χ2v) is 5.78. The highest BCUT2D eigenvalue weighted by atomic mass is 16.5. The number of benzene rings is 1. The van der Waals surface area contributed by atoms with Crippen LogP contribution in [0, 0.1) is 5.41 Å². The van der Waals surface area contributed by atoms with Gasteiger partial charge in [0.2, 0.25) is 11.8 Å². The van der Waals surface area contributed by atoms with Crippen molar-refractivity contribution in [2.75, 3.05) is 19.8 Å². The molecular formula is C16H22N2O3. The summed E-state index contributed by atoms with van der Waals surface area (Å²) < 4.78 is 5.03. The largest absolute Gasteiger partial charge is 0.370 e. The number of fused-ring (bicyclic) bond motifs is 1. The molecule has 0 aromatic heterocycles. The molecule has 0 saturated heterocycles. The van der Waals surface area contributed by atoms with Crippen molar-refractivity contribution in [1.82, 2.24) is 5.32 Å². The molecule has 0 radical (unpaired) electrons. The highest BCUT2D eigenvalue weighted by Crippen LogP contribution is 2.35. The Morgan fingerprint density at radius 1 is 1.33 bits per heavy atom. The number of carbonyl (C=O) groups excluding carboxylic acids is 2. The number of hydrogen-bond acceptors (Lipinski definition) is 3. The number of nitrogens with one attached hydrogen (secondary N) is 1. The van der Waals surface area contributed by atoms with Crippen LogP contribution < -0.4 is 11.1 Å². The Kier molecular flexibility index (Phi) is 4.96. The van der Waals surface area contributed by atoms with Crippen LogP contribution >= 0.6 is 0 Å². The molecule has 1 aliphatic carbocycles. The number of amides is 2. The minimum Gasteiger partial charge on any atom is -0.370 e. The van der Waals surface area contributed by atoms with Gasteiger partial charge >= 0.3 is 0 Å². The topological polar surface area (TPSA) is 81.4 Å². The fraction of sp³-hybridized carbons (Fsp3) is 0.500. The maximum absolute atomic E-state index is 12.4. The van der Waals surface area contributed by atoms with Gasteiger partial charge in [-0.15, -0.1) is 0 Å². The fourth-order valence-electron chi connectivity index (χ4n) is 2.71. The first-order valence-electron chi connectivity index (χ1n) is 7.22. The first kappa shape index (κ1) is 15.5. The van der Waals surface area contributed by atoms with Crippen LogP contribution in [0.1, 0.15) is 24.5 Å². The monoisotopic (exact) mass is 290 g/mol. The zero-order chi connectivity index (χ0) is 15.3. The highest BCUT2D eigenvalue weighted by Gasteiger charge is 2.36. The van der Waals surface area contributed by atoms with Crippen molar-refractivity contribution < 1.29 is 14.3 Å². The lowest BCUT2D eigenvalue weighted by molar-refractivity contribution is -0.131. The minimum absolute atomic E-state index is 0.0414. The summed E-state index contributed by atoms with van der Waals surface area (Å²) in [5, 5.41) is 2.88. The first-order valence-corrected chi connectivity index (χ1v) is 7.22. The lowest BCUT2D eigenvalue weighted by Crippen LogP contribution is -2.43. The Morgan fingerprint density at radius 3 is 2.76 bits per heavy atom. The smallest absolute Gasteiger partial charge is 0.243 e. The van der Waals surface area contributed by atoms with E-state index in [0.717, 1.165) is 19.3 Å². The van der Waals surface area contributed by atoms with Crippen LogP contribution in [0.3, 0.4) is 0 Å². The summed E-state index contributed by atoms with van der Waals surface area (Å²) in [6.45, 7) is 2.58. The summed E-state index contributed by atoms with van der Waals surface area (Å²) in [6.07, 6.45) is 2.54. The Hall–Kier alpha value is -1.88. The average molecular weight is 290 g/mol. The van der Waals surface area contributed by atoms with Crippen LogP contribution in [0.25, 0.3) is 0 Å². The number of rotatable bonds is 6. The number of carbonyl (C=O) groups is 2. The molecule has 2 amide bonds. The van der Waals surface area contributed by atoms with Crippen molar-refractivity contribution in [2.45, 2.75) is 26.2 Å². The van der Waals surface area contributed by atoms with E-state index in [4.69, 9.17) is 10.5 Å². The van der Waals surface area contributed by atoms with Crippen LogP contribution in [0.5, 0.6) is 0 Å². The Morgan fingerprint density at radius 2 is 2.05 bits per heavy atom. The van der Waals surface area contributed by atoms with Gasteiger partial charge < -0.3 is 15.8 Å². The molecule has 0 heterocycles. The molecule has 3 N–H and O–H groups in total. The highest BCUT2D eigenvalue weighted by molar-refractivity contribution is 5.83. The molecule has 0 bridgehead atoms. The van der Waals surface area contributed by atoms with Crippen LogP contribution in [-0.2, 0) is 27.2 Å². The SMILES string of the molecule is C[C@@]1(C(=O)NCCOCC(N)=O)CCc2ccccc2C1. The van der Waals surface area contributed by atoms with Gasteiger partial charge in [0.25, 0.3) is 0 Å². The summed E-state index contributed by atoms with van der Waals surface area (Å²) in [5.41, 5.74) is 7.19. The maximum atomic E-state index is 12.4. The summed E-state index contributed by atoms with van der Waals surface area (Å²) >= 11 is 0. The van der Waals surface area contributed by atoms with E-state index >= 15 is 0 Å². The van der Waals surface area contributed by atoms with Gasteiger partial charge in [0.15, 0.2) is 0 Å². The molecule has 0 spiro atoms. The number of hydrogen-bond donors (Lipinski definition) is 2. The molecule has 1 aromatic rings. The average Bonchev–Trinajstić information content (AvgIpc) is 2.46. The zero-order valence-corrected chi connectivity index (χ0v) is 12.4. The Labute approximate surface area is 124 Å². The van der Waals surface area contributed by atoms with Crippen molar-refractivity contribution in [2.24, 2.45) is 11.1 Å². The van der Waals surface area contributed by atoms with Gasteiger partial charge in [0, 0.05) is 6.54 Å². The van der Waals surface area contributed by atoms with Crippen LogP contribution in [-0.4, -0.2) is 31.6 Å². The van der Waals surface area contributed by atoms with E-state index in [1.165, 1.54) is 11.1 Å². The van der Waals surface area contributed by atoms with Crippen molar-refractivity contribution in [3.63, 3.8) is 0 Å². The third kappa shape index (κ3) is 4.04. The van der Waals surface area contributed by atoms with Gasteiger partial charge in [0.1, 0.15) is 6.61 Å². The Balaban J connectivity index is 1.84. The molecule has 5 nitrogen and oxygen atoms in total. The predicted molar refractivity (Wildman–Crippen MR) is 79.6 cm³/mol. The van der Waals surface area contributed by atoms with Crippen molar-refractivity contribution >= 4 is 11.8 Å². The lowest BCUT2D eigenvalue weighted by Gasteiger charge is -2.33. The zero-order valence-electron chi connectivity index (χ0n) is 12.4. The minimum atomic E-state index is -0.503. The van der Waals surface area contributed by atoms with Gasteiger partial charge in [0.05, 0.1) is 12.0 Å². The van der Waals surface area contributed by atoms with Gasteiger partial charge in [-0.25, -0.2) is 0 Å². The third-order valence-electron chi connectivity index (χ3n) is 3.97. The van der Waals surface area contributed by atoms with Gasteiger partial charge in [-0.3, -0.25) is 9.59 Å². The van der Waals surface area contributed by atoms with Gasteiger partial charge in [-0.1, -0.05) is 31.2 Å². The molecule has 21 heavy (non-hydrogen) atoms. The molecule has 0 unspecified atom stereocenters. The predicted octanol–water partition coefficient (Wildman–Crippen LogP) is 0.800. The van der Waals surface area contributed by atoms with Crippen molar-refractivity contribution in [3.05, 3.63) is 35.4 Å². The molecule has 0 fully saturated rings. The number of ether oxygens (including phenoxy) is 1. The van der Waals surface area contributed by atoms with E-state index in [1.807, 2.05) is 19.1 Å². The van der Waals surface area contributed by atoms with E-state index in [0.29, 0.717) is 13.2 Å². The second kappa shape index (κ2) is 6.72. The normalized spacial score (nSPS) is 20.6. The standard InChI is InChI=1S/C16H22N2O3/c1-16(15(20)18-8-9-21-11-14(17)19)7-6-12-4-2-3-5-13(12)10-16/h2-5H,6-11H2,1H3,(H2,17,19)(H,18,20)/t16-/m1/s1. The summed E-state index contributed by atoms with van der Waals surface area (Å²) in [4.78, 5) is 22.9. The number of primary amides is 1. The fourth-order valence-corrected chi connectivity index (χ4v) is 2.71. The van der Waals surface area contributed by atoms with E-state index in [-0.39, 0.29) is 17.9 Å². The summed E-state index contributed by atoms with van der Waals surface area (Å²) in [5.74, 6) is -0.461. The maximum Gasteiger partial charge on any atom is 0.243 e. The van der Waals surface area contributed by atoms with Gasteiger partial charge in [-0.05, 0) is 30.4 Å². The number of nitrogens with two attached hydrogens (primary N) is 1. The first-order chi connectivity index (χ1) is 10.0. The van der Waals surface area contributed by atoms with Crippen LogP contribution in [0.4, 0.5) is 0 Å². The lowest BCUT2D eigenvalue weighted by atomic mass is 9.72. The molecule has 1 aromatic carbocycles. The summed E-state index contributed by atoms with van der Waals surface area (Å²) in [7, 11) is 0. The Bertz CT molecular complexity index is 530. The van der Waals surface area contributed by atoms with Crippen molar-refractivity contribution in [3.8, 4) is 0 Å². The quantitative estimate of drug-likeness (QED) is 0.760. The molecule has 2 rings (SSSR count). The molecule has 1 aliphatic rings. The van der Waals surface area contributed by atoms with E-state index in [9.17, 15) is 9.59 Å². The molecular weight excluding hydrogens is 268 g/mol. The molecule has 114 valence electrons. The van der Waals surface area contributed by atoms with Crippen LogP contribution in [0.15, 0.2) is 24.3 Å². The molecule has 5 heteroatoms. The van der Waals surface area contributed by atoms with E-state index < -0.39 is 5.91 Å². The van der Waals surface area contributed by atoms with Crippen molar-refractivity contribution in [1.29, 1.82) is 0 Å². The molecule has 0 saturated carbocycles. The van der Waals surface area contributed by atoms with Crippen LogP contribution in [0.2, 0.25) is 0 Å². The third-order valence-corrected chi connectivity index (χ3v) is 3.97. The van der Waals surface area contributed by atoms with Gasteiger partial charge in [-0.2, -0.15) is 0 Å². The second-order valence-electron chi connectivity index (χ2n) is 5.78. The van der Waals surface area contributed by atoms with E-state index in [2.05, 4.69) is 17.4 Å². The molecule has 0 aliphatic heterocycles. The molecule has 1 atom stereocenters.